The van der Waals surface area contributed by atoms with Crippen molar-refractivity contribution in [3.63, 3.8) is 0 Å². The van der Waals surface area contributed by atoms with Crippen molar-refractivity contribution in [2.24, 2.45) is 0 Å². The predicted octanol–water partition coefficient (Wildman–Crippen LogP) is 2.95. The Balaban J connectivity index is 1.70. The number of esters is 1. The fourth-order valence-electron chi connectivity index (χ4n) is 1.64. The minimum absolute atomic E-state index is 0.110. The maximum absolute atomic E-state index is 11.7. The van der Waals surface area contributed by atoms with Gasteiger partial charge in [0, 0.05) is 6.07 Å². The van der Waals surface area contributed by atoms with Crippen LogP contribution in [-0.2, 0) is 11.3 Å². The number of rotatable bonds is 3. The Hall–Kier alpha value is -2.21. The Morgan fingerprint density at radius 1 is 1.42 bits per heavy atom. The lowest BCUT2D eigenvalue weighted by molar-refractivity contribution is 0.0425. The monoisotopic (exact) mass is 274 g/mol. The fourth-order valence-corrected chi connectivity index (χ4v) is 2.52. The Bertz CT molecular complexity index is 699. The molecule has 3 aromatic rings. The van der Waals surface area contributed by atoms with Gasteiger partial charge in [-0.15, -0.1) is 11.3 Å². The van der Waals surface area contributed by atoms with Crippen LogP contribution in [0.25, 0.3) is 10.2 Å². The highest BCUT2D eigenvalue weighted by molar-refractivity contribution is 7.18. The Morgan fingerprint density at radius 2 is 2.26 bits per heavy atom. The molecule has 0 amide bonds. The van der Waals surface area contributed by atoms with Crippen LogP contribution < -0.4 is 0 Å². The van der Waals surface area contributed by atoms with Crippen LogP contribution in [0.2, 0.25) is 0 Å². The van der Waals surface area contributed by atoms with Crippen molar-refractivity contribution in [3.8, 4) is 0 Å². The number of carbonyl (C=O) groups excluding carboxylic acids is 1. The molecule has 0 atom stereocenters. The van der Waals surface area contributed by atoms with E-state index in [1.807, 2.05) is 24.3 Å². The zero-order chi connectivity index (χ0) is 13.2. The van der Waals surface area contributed by atoms with Crippen molar-refractivity contribution in [1.29, 1.82) is 0 Å². The third-order valence-corrected chi connectivity index (χ3v) is 3.50. The number of hydrogen-bond donors (Lipinski definition) is 0. The second-order valence-corrected chi connectivity index (χ2v) is 5.10. The normalized spacial score (nSPS) is 10.8. The van der Waals surface area contributed by atoms with Gasteiger partial charge in [0.25, 0.3) is 0 Å². The molecule has 96 valence electrons. The summed E-state index contributed by atoms with van der Waals surface area (Å²) in [5.41, 5.74) is 1.56. The first-order valence-electron chi connectivity index (χ1n) is 5.67. The number of hydrogen-bond acceptors (Lipinski definition) is 6. The van der Waals surface area contributed by atoms with Crippen molar-refractivity contribution < 1.29 is 14.1 Å². The lowest BCUT2D eigenvalue weighted by Crippen LogP contribution is -2.03. The zero-order valence-electron chi connectivity index (χ0n) is 10.1. The van der Waals surface area contributed by atoms with Crippen LogP contribution in [0.1, 0.15) is 21.3 Å². The summed E-state index contributed by atoms with van der Waals surface area (Å²) in [4.78, 5) is 16.0. The Labute approximate surface area is 112 Å². The minimum atomic E-state index is -0.528. The van der Waals surface area contributed by atoms with Crippen molar-refractivity contribution >= 4 is 27.5 Å². The summed E-state index contributed by atoms with van der Waals surface area (Å²) in [5.74, 6) is -0.418. The first kappa shape index (κ1) is 11.9. The molecule has 0 N–H and O–H groups in total. The SMILES string of the molecule is Cc1cc(C(=O)OCc2nc3ccccc3s2)on1. The van der Waals surface area contributed by atoms with Crippen molar-refractivity contribution in [2.75, 3.05) is 0 Å². The molecule has 19 heavy (non-hydrogen) atoms. The first-order valence-corrected chi connectivity index (χ1v) is 6.49. The summed E-state index contributed by atoms with van der Waals surface area (Å²) in [5, 5.41) is 4.39. The number of benzene rings is 1. The Morgan fingerprint density at radius 3 is 3.00 bits per heavy atom. The van der Waals surface area contributed by atoms with E-state index in [9.17, 15) is 4.79 Å². The van der Waals surface area contributed by atoms with Gasteiger partial charge in [0.1, 0.15) is 11.6 Å². The molecule has 0 bridgehead atoms. The minimum Gasteiger partial charge on any atom is -0.452 e. The van der Waals surface area contributed by atoms with Gasteiger partial charge in [-0.25, -0.2) is 9.78 Å². The summed E-state index contributed by atoms with van der Waals surface area (Å²) >= 11 is 1.51. The van der Waals surface area contributed by atoms with Crippen molar-refractivity contribution in [2.45, 2.75) is 13.5 Å². The van der Waals surface area contributed by atoms with E-state index in [0.29, 0.717) is 5.69 Å². The molecule has 0 aliphatic heterocycles. The molecule has 0 aliphatic carbocycles. The number of para-hydroxylation sites is 1. The Kier molecular flexibility index (Phi) is 3.00. The van der Waals surface area contributed by atoms with Crippen molar-refractivity contribution in [1.82, 2.24) is 10.1 Å². The zero-order valence-corrected chi connectivity index (χ0v) is 10.9. The van der Waals surface area contributed by atoms with Crippen LogP contribution >= 0.6 is 11.3 Å². The third-order valence-electron chi connectivity index (χ3n) is 2.49. The predicted molar refractivity (Wildman–Crippen MR) is 70.0 cm³/mol. The molecule has 0 unspecified atom stereocenters. The second kappa shape index (κ2) is 4.81. The quantitative estimate of drug-likeness (QED) is 0.687. The number of aromatic nitrogens is 2. The van der Waals surface area contributed by atoms with Gasteiger partial charge in [-0.1, -0.05) is 17.3 Å². The van der Waals surface area contributed by atoms with E-state index in [0.717, 1.165) is 15.2 Å². The van der Waals surface area contributed by atoms with Crippen molar-refractivity contribution in [3.05, 3.63) is 46.8 Å². The lowest BCUT2D eigenvalue weighted by atomic mass is 10.3. The molecular weight excluding hydrogens is 264 g/mol. The molecule has 2 heterocycles. The summed E-state index contributed by atoms with van der Waals surface area (Å²) < 4.78 is 11.0. The summed E-state index contributed by atoms with van der Waals surface area (Å²) in [6, 6.07) is 9.33. The van der Waals surface area contributed by atoms with Gasteiger partial charge in [0.05, 0.1) is 15.9 Å². The molecule has 3 rings (SSSR count). The smallest absolute Gasteiger partial charge is 0.377 e. The number of aryl methyl sites for hydroxylation is 1. The topological polar surface area (TPSA) is 65.2 Å². The summed E-state index contributed by atoms with van der Waals surface area (Å²) in [6.07, 6.45) is 0. The first-order chi connectivity index (χ1) is 9.22. The second-order valence-electron chi connectivity index (χ2n) is 3.98. The van der Waals surface area contributed by atoms with Crippen LogP contribution in [0.4, 0.5) is 0 Å². The molecular formula is C13H10N2O3S. The molecule has 0 saturated heterocycles. The standard InChI is InChI=1S/C13H10N2O3S/c1-8-6-10(18-15-8)13(16)17-7-12-14-9-4-2-3-5-11(9)19-12/h2-6H,7H2,1H3. The van der Waals surface area contributed by atoms with E-state index >= 15 is 0 Å². The van der Waals surface area contributed by atoms with Gasteiger partial charge in [0.15, 0.2) is 0 Å². The van der Waals surface area contributed by atoms with Crippen LogP contribution in [-0.4, -0.2) is 16.1 Å². The molecule has 2 aromatic heterocycles. The number of nitrogens with zero attached hydrogens (tertiary/aromatic N) is 2. The van der Waals surface area contributed by atoms with Gasteiger partial charge >= 0.3 is 5.97 Å². The van der Waals surface area contributed by atoms with Crippen LogP contribution in [0.3, 0.4) is 0 Å². The molecule has 0 fully saturated rings. The average molecular weight is 274 g/mol. The van der Waals surface area contributed by atoms with E-state index < -0.39 is 5.97 Å². The molecule has 0 spiro atoms. The van der Waals surface area contributed by atoms with E-state index in [4.69, 9.17) is 9.26 Å². The highest BCUT2D eigenvalue weighted by Gasteiger charge is 2.14. The van der Waals surface area contributed by atoms with Crippen LogP contribution in [0, 0.1) is 6.92 Å². The lowest BCUT2D eigenvalue weighted by Gasteiger charge is -1.97. The molecule has 0 saturated carbocycles. The molecule has 5 nitrogen and oxygen atoms in total. The highest BCUT2D eigenvalue weighted by Crippen LogP contribution is 2.22. The van der Waals surface area contributed by atoms with Gasteiger partial charge < -0.3 is 9.26 Å². The van der Waals surface area contributed by atoms with E-state index in [-0.39, 0.29) is 12.4 Å². The van der Waals surface area contributed by atoms with Crippen LogP contribution in [0.15, 0.2) is 34.9 Å². The van der Waals surface area contributed by atoms with Gasteiger partial charge in [-0.3, -0.25) is 0 Å². The maximum atomic E-state index is 11.7. The molecule has 6 heteroatoms. The van der Waals surface area contributed by atoms with Gasteiger partial charge in [-0.2, -0.15) is 0 Å². The van der Waals surface area contributed by atoms with Crippen LogP contribution in [0.5, 0.6) is 0 Å². The number of ether oxygens (including phenoxy) is 1. The van der Waals surface area contributed by atoms with E-state index in [1.165, 1.54) is 11.3 Å². The fraction of sp³-hybridized carbons (Fsp3) is 0.154. The maximum Gasteiger partial charge on any atom is 0.377 e. The van der Waals surface area contributed by atoms with Gasteiger partial charge in [0.2, 0.25) is 5.76 Å². The average Bonchev–Trinajstić information content (AvgIpc) is 3.01. The molecule has 1 aromatic carbocycles. The molecule has 0 aliphatic rings. The van der Waals surface area contributed by atoms with E-state index in [2.05, 4.69) is 10.1 Å². The summed E-state index contributed by atoms with van der Waals surface area (Å²) in [7, 11) is 0. The summed E-state index contributed by atoms with van der Waals surface area (Å²) in [6.45, 7) is 1.88. The number of thiazole rings is 1. The molecule has 0 radical (unpaired) electrons. The van der Waals surface area contributed by atoms with Gasteiger partial charge in [-0.05, 0) is 19.1 Å². The number of fused-ring (bicyclic) bond motifs is 1. The highest BCUT2D eigenvalue weighted by atomic mass is 32.1. The largest absolute Gasteiger partial charge is 0.452 e. The number of carbonyl (C=O) groups is 1. The van der Waals surface area contributed by atoms with E-state index in [1.54, 1.807) is 13.0 Å². The third kappa shape index (κ3) is 2.48.